The van der Waals surface area contributed by atoms with Gasteiger partial charge in [-0.1, -0.05) is 17.7 Å². The molecule has 25 heavy (non-hydrogen) atoms. The molecule has 1 heterocycles. The molecule has 6 heteroatoms. The molecule has 1 N–H and O–H groups in total. The van der Waals surface area contributed by atoms with Gasteiger partial charge >= 0.3 is 0 Å². The Morgan fingerprint density at radius 2 is 2.20 bits per heavy atom. The molecule has 0 aliphatic rings. The van der Waals surface area contributed by atoms with E-state index in [2.05, 4.69) is 11.4 Å². The van der Waals surface area contributed by atoms with Crippen LogP contribution in [0.15, 0.2) is 35.7 Å². The van der Waals surface area contributed by atoms with Gasteiger partial charge in [-0.25, -0.2) is 0 Å². The lowest BCUT2D eigenvalue weighted by atomic mass is 10.2. The molecule has 0 atom stereocenters. The molecule has 1 aromatic carbocycles. The van der Waals surface area contributed by atoms with Gasteiger partial charge in [-0.3, -0.25) is 4.79 Å². The van der Waals surface area contributed by atoms with Gasteiger partial charge in [0.05, 0.1) is 18.2 Å². The first kappa shape index (κ1) is 19.3. The van der Waals surface area contributed by atoms with Crippen molar-refractivity contribution in [1.29, 1.82) is 0 Å². The van der Waals surface area contributed by atoms with Gasteiger partial charge in [0, 0.05) is 17.5 Å². The molecular formula is C19H22ClNO3S. The van der Waals surface area contributed by atoms with Crippen LogP contribution in [0.2, 0.25) is 5.02 Å². The Kier molecular flexibility index (Phi) is 7.34. The van der Waals surface area contributed by atoms with Crippen LogP contribution >= 0.6 is 22.9 Å². The minimum absolute atomic E-state index is 0.0121. The van der Waals surface area contributed by atoms with Crippen molar-refractivity contribution in [3.05, 3.63) is 51.2 Å². The Morgan fingerprint density at radius 1 is 1.40 bits per heavy atom. The third kappa shape index (κ3) is 6.11. The van der Waals surface area contributed by atoms with Gasteiger partial charge in [-0.15, -0.1) is 11.3 Å². The quantitative estimate of drug-likeness (QED) is 0.683. The molecule has 0 spiro atoms. The molecule has 1 amide bonds. The van der Waals surface area contributed by atoms with Gasteiger partial charge in [-0.05, 0) is 55.5 Å². The second-order valence-corrected chi connectivity index (χ2v) is 7.09. The van der Waals surface area contributed by atoms with E-state index in [4.69, 9.17) is 21.1 Å². The first-order chi connectivity index (χ1) is 12.0. The van der Waals surface area contributed by atoms with E-state index in [1.807, 2.05) is 25.3 Å². The van der Waals surface area contributed by atoms with Gasteiger partial charge in [0.1, 0.15) is 0 Å². The van der Waals surface area contributed by atoms with Crippen molar-refractivity contribution in [3.63, 3.8) is 0 Å². The Morgan fingerprint density at radius 3 is 2.84 bits per heavy atom. The Hall–Kier alpha value is -1.98. The number of methoxy groups -OCH3 is 1. The highest BCUT2D eigenvalue weighted by Crippen LogP contribution is 2.37. The molecule has 0 bridgehead atoms. The number of amides is 1. The second-order valence-electron chi connectivity index (χ2n) is 5.65. The summed E-state index contributed by atoms with van der Waals surface area (Å²) in [5, 5.41) is 5.34. The lowest BCUT2D eigenvalue weighted by Crippen LogP contribution is -2.23. The van der Waals surface area contributed by atoms with Gasteiger partial charge in [0.25, 0.3) is 0 Å². The van der Waals surface area contributed by atoms with E-state index < -0.39 is 0 Å². The fourth-order valence-corrected chi connectivity index (χ4v) is 3.15. The molecule has 0 radical (unpaired) electrons. The van der Waals surface area contributed by atoms with Crippen molar-refractivity contribution < 1.29 is 14.3 Å². The van der Waals surface area contributed by atoms with Gasteiger partial charge in [0.2, 0.25) is 5.91 Å². The zero-order valence-electron chi connectivity index (χ0n) is 14.5. The van der Waals surface area contributed by atoms with Gasteiger partial charge in [0.15, 0.2) is 11.5 Å². The van der Waals surface area contributed by atoms with E-state index in [9.17, 15) is 4.79 Å². The number of hydrogen-bond donors (Lipinski definition) is 1. The van der Waals surface area contributed by atoms with Crippen LogP contribution in [0.4, 0.5) is 0 Å². The summed E-state index contributed by atoms with van der Waals surface area (Å²) >= 11 is 7.96. The SMILES string of the molecule is COc1cc(/C=C/C(=O)NCCc2cccs2)cc(Cl)c1OC(C)C. The number of halogens is 1. The minimum Gasteiger partial charge on any atom is -0.493 e. The molecular weight excluding hydrogens is 358 g/mol. The molecule has 1 aromatic heterocycles. The maximum Gasteiger partial charge on any atom is 0.244 e. The molecule has 134 valence electrons. The molecule has 0 aliphatic heterocycles. The van der Waals surface area contributed by atoms with Crippen LogP contribution in [0.5, 0.6) is 11.5 Å². The number of thiophene rings is 1. The lowest BCUT2D eigenvalue weighted by Gasteiger charge is -2.15. The zero-order valence-corrected chi connectivity index (χ0v) is 16.1. The van der Waals surface area contributed by atoms with Gasteiger partial charge < -0.3 is 14.8 Å². The van der Waals surface area contributed by atoms with Gasteiger partial charge in [-0.2, -0.15) is 0 Å². The standard InChI is InChI=1S/C19H22ClNO3S/c1-13(2)24-19-16(20)11-14(12-17(19)23-3)6-7-18(22)21-9-8-15-5-4-10-25-15/h4-7,10-13H,8-9H2,1-3H3,(H,21,22)/b7-6+. The largest absolute Gasteiger partial charge is 0.493 e. The lowest BCUT2D eigenvalue weighted by molar-refractivity contribution is -0.116. The number of ether oxygens (including phenoxy) is 2. The van der Waals surface area contributed by atoms with Crippen LogP contribution in [-0.4, -0.2) is 25.7 Å². The van der Waals surface area contributed by atoms with Crippen molar-refractivity contribution >= 4 is 34.9 Å². The number of nitrogens with one attached hydrogen (secondary N) is 1. The summed E-state index contributed by atoms with van der Waals surface area (Å²) in [6.07, 6.45) is 4.01. The van der Waals surface area contributed by atoms with Crippen molar-refractivity contribution in [3.8, 4) is 11.5 Å². The van der Waals surface area contributed by atoms with E-state index in [-0.39, 0.29) is 12.0 Å². The smallest absolute Gasteiger partial charge is 0.244 e. The van der Waals surface area contributed by atoms with E-state index in [0.29, 0.717) is 23.1 Å². The highest BCUT2D eigenvalue weighted by Gasteiger charge is 2.12. The molecule has 0 aliphatic carbocycles. The third-order valence-electron chi connectivity index (χ3n) is 3.28. The number of carbonyl (C=O) groups is 1. The second kappa shape index (κ2) is 9.49. The van der Waals surface area contributed by atoms with Crippen LogP contribution in [0.3, 0.4) is 0 Å². The summed E-state index contributed by atoms with van der Waals surface area (Å²) in [7, 11) is 1.56. The van der Waals surface area contributed by atoms with Crippen LogP contribution in [0, 0.1) is 0 Å². The molecule has 0 saturated heterocycles. The van der Waals surface area contributed by atoms with Crippen LogP contribution in [-0.2, 0) is 11.2 Å². The fourth-order valence-electron chi connectivity index (χ4n) is 2.18. The highest BCUT2D eigenvalue weighted by molar-refractivity contribution is 7.09. The van der Waals surface area contributed by atoms with Crippen molar-refractivity contribution in [2.24, 2.45) is 0 Å². The maximum atomic E-state index is 11.9. The first-order valence-electron chi connectivity index (χ1n) is 8.02. The van der Waals surface area contributed by atoms with Crippen LogP contribution in [0.1, 0.15) is 24.3 Å². The number of hydrogen-bond acceptors (Lipinski definition) is 4. The minimum atomic E-state index is -0.144. The fraction of sp³-hybridized carbons (Fsp3) is 0.316. The molecule has 2 rings (SSSR count). The summed E-state index contributed by atoms with van der Waals surface area (Å²) < 4.78 is 11.0. The summed E-state index contributed by atoms with van der Waals surface area (Å²) in [5.41, 5.74) is 0.770. The average molecular weight is 380 g/mol. The number of carbonyl (C=O) groups excluding carboxylic acids is 1. The first-order valence-corrected chi connectivity index (χ1v) is 9.28. The van der Waals surface area contributed by atoms with E-state index in [1.165, 1.54) is 11.0 Å². The number of rotatable bonds is 8. The Labute approximate surface area is 157 Å². The van der Waals surface area contributed by atoms with Crippen LogP contribution < -0.4 is 14.8 Å². The maximum absolute atomic E-state index is 11.9. The summed E-state index contributed by atoms with van der Waals surface area (Å²) in [5.74, 6) is 0.907. The molecule has 0 fully saturated rings. The summed E-state index contributed by atoms with van der Waals surface area (Å²) in [6.45, 7) is 4.45. The zero-order chi connectivity index (χ0) is 18.2. The topological polar surface area (TPSA) is 47.6 Å². The molecule has 0 saturated carbocycles. The molecule has 4 nitrogen and oxygen atoms in total. The van der Waals surface area contributed by atoms with Crippen molar-refractivity contribution in [2.45, 2.75) is 26.4 Å². The Balaban J connectivity index is 1.97. The summed E-state index contributed by atoms with van der Waals surface area (Å²) in [6, 6.07) is 7.60. The number of benzene rings is 1. The van der Waals surface area contributed by atoms with E-state index >= 15 is 0 Å². The molecule has 0 unspecified atom stereocenters. The Bertz CT molecular complexity index is 727. The summed E-state index contributed by atoms with van der Waals surface area (Å²) in [4.78, 5) is 13.2. The van der Waals surface area contributed by atoms with Crippen LogP contribution in [0.25, 0.3) is 6.08 Å². The van der Waals surface area contributed by atoms with E-state index in [0.717, 1.165) is 12.0 Å². The monoisotopic (exact) mass is 379 g/mol. The predicted molar refractivity (Wildman–Crippen MR) is 104 cm³/mol. The normalized spacial score (nSPS) is 11.1. The van der Waals surface area contributed by atoms with E-state index in [1.54, 1.807) is 36.7 Å². The van der Waals surface area contributed by atoms with Crippen molar-refractivity contribution in [2.75, 3.05) is 13.7 Å². The highest BCUT2D eigenvalue weighted by atomic mass is 35.5. The average Bonchev–Trinajstić information content (AvgIpc) is 3.08. The predicted octanol–water partition coefficient (Wildman–Crippen LogP) is 4.57. The third-order valence-corrected chi connectivity index (χ3v) is 4.50. The molecule has 2 aromatic rings. The van der Waals surface area contributed by atoms with Crippen molar-refractivity contribution in [1.82, 2.24) is 5.32 Å².